The molecule has 0 saturated carbocycles. The first-order chi connectivity index (χ1) is 11.2. The van der Waals surface area contributed by atoms with Gasteiger partial charge < -0.3 is 19.7 Å². The smallest absolute Gasteiger partial charge is 0.319 e. The first kappa shape index (κ1) is 15.6. The average molecular weight is 315 g/mol. The van der Waals surface area contributed by atoms with Crippen LogP contribution in [-0.4, -0.2) is 45.9 Å². The van der Waals surface area contributed by atoms with Gasteiger partial charge in [0.15, 0.2) is 0 Å². The zero-order chi connectivity index (χ0) is 16.3. The molecule has 0 aromatic heterocycles. The van der Waals surface area contributed by atoms with Gasteiger partial charge in [0, 0.05) is 38.2 Å². The van der Waals surface area contributed by atoms with Gasteiger partial charge in [0.25, 0.3) is 0 Å². The average Bonchev–Trinajstić information content (AvgIpc) is 3.00. The first-order valence-electron chi connectivity index (χ1n) is 7.90. The van der Waals surface area contributed by atoms with Crippen LogP contribution in [0.25, 0.3) is 0 Å². The fraction of sp³-hybridized carbons (Fsp3) is 0.529. The Bertz CT molecular complexity index is 634. The molecule has 2 aliphatic rings. The Labute approximate surface area is 136 Å². The van der Waals surface area contributed by atoms with E-state index in [1.54, 1.807) is 0 Å². The van der Waals surface area contributed by atoms with Crippen LogP contribution in [0, 0.1) is 11.3 Å². The second-order valence-electron chi connectivity index (χ2n) is 5.91. The standard InChI is InChI=1S/C17H21N3O3/c1-22-16(21)17(6-3-7-18)12-23-15-13(17)4-2-5-14(15)20-10-8-19-9-11-20/h2,4-5,19H,3,6,8-12H2,1H3. The minimum atomic E-state index is -0.871. The zero-order valence-corrected chi connectivity index (χ0v) is 13.3. The summed E-state index contributed by atoms with van der Waals surface area (Å²) in [5.74, 6) is 0.432. The van der Waals surface area contributed by atoms with Crippen LogP contribution in [0.15, 0.2) is 18.2 Å². The molecule has 1 N–H and O–H groups in total. The van der Waals surface area contributed by atoms with Gasteiger partial charge in [-0.1, -0.05) is 12.1 Å². The highest BCUT2D eigenvalue weighted by atomic mass is 16.5. The molecule has 1 aromatic carbocycles. The van der Waals surface area contributed by atoms with Crippen molar-refractivity contribution in [2.24, 2.45) is 0 Å². The summed E-state index contributed by atoms with van der Waals surface area (Å²) in [7, 11) is 1.38. The predicted molar refractivity (Wildman–Crippen MR) is 85.6 cm³/mol. The molecule has 0 aliphatic carbocycles. The van der Waals surface area contributed by atoms with Crippen LogP contribution >= 0.6 is 0 Å². The van der Waals surface area contributed by atoms with Crippen molar-refractivity contribution in [3.63, 3.8) is 0 Å². The number of ether oxygens (including phenoxy) is 2. The number of piperazine rings is 1. The van der Waals surface area contributed by atoms with Gasteiger partial charge in [-0.3, -0.25) is 4.79 Å². The van der Waals surface area contributed by atoms with Crippen LogP contribution in [0.5, 0.6) is 5.75 Å². The van der Waals surface area contributed by atoms with Crippen molar-refractivity contribution in [2.45, 2.75) is 18.3 Å². The molecular weight excluding hydrogens is 294 g/mol. The third-order valence-electron chi connectivity index (χ3n) is 4.67. The highest BCUT2D eigenvalue weighted by Gasteiger charge is 2.49. The summed E-state index contributed by atoms with van der Waals surface area (Å²) in [5, 5.41) is 12.3. The summed E-state index contributed by atoms with van der Waals surface area (Å²) in [5.41, 5.74) is 0.992. The number of methoxy groups -OCH3 is 1. The highest BCUT2D eigenvalue weighted by Crippen LogP contribution is 2.47. The molecular formula is C17H21N3O3. The second kappa shape index (κ2) is 6.47. The van der Waals surface area contributed by atoms with Crippen LogP contribution in [0.2, 0.25) is 0 Å². The number of hydrogen-bond acceptors (Lipinski definition) is 6. The second-order valence-corrected chi connectivity index (χ2v) is 5.91. The lowest BCUT2D eigenvalue weighted by Crippen LogP contribution is -2.43. The number of benzene rings is 1. The molecule has 1 fully saturated rings. The fourth-order valence-corrected chi connectivity index (χ4v) is 3.42. The molecule has 6 nitrogen and oxygen atoms in total. The third kappa shape index (κ3) is 2.62. The molecule has 0 amide bonds. The Balaban J connectivity index is 2.01. The van der Waals surface area contributed by atoms with E-state index in [2.05, 4.69) is 16.3 Å². The number of carbonyl (C=O) groups excluding carboxylic acids is 1. The number of nitrogens with zero attached hydrogens (tertiary/aromatic N) is 2. The summed E-state index contributed by atoms with van der Waals surface area (Å²) in [6, 6.07) is 8.03. The monoisotopic (exact) mass is 315 g/mol. The molecule has 1 saturated heterocycles. The lowest BCUT2D eigenvalue weighted by molar-refractivity contribution is -0.148. The van der Waals surface area contributed by atoms with Crippen molar-refractivity contribution in [2.75, 3.05) is 44.8 Å². The van der Waals surface area contributed by atoms with E-state index in [9.17, 15) is 4.79 Å². The van der Waals surface area contributed by atoms with E-state index >= 15 is 0 Å². The summed E-state index contributed by atoms with van der Waals surface area (Å²) < 4.78 is 11.0. The zero-order valence-electron chi connectivity index (χ0n) is 13.3. The summed E-state index contributed by atoms with van der Waals surface area (Å²) in [6.07, 6.45) is 0.698. The van der Waals surface area contributed by atoms with Gasteiger partial charge in [-0.2, -0.15) is 5.26 Å². The summed E-state index contributed by atoms with van der Waals surface area (Å²) >= 11 is 0. The number of esters is 1. The van der Waals surface area contributed by atoms with Crippen molar-refractivity contribution < 1.29 is 14.3 Å². The summed E-state index contributed by atoms with van der Waals surface area (Å²) in [6.45, 7) is 3.91. The molecule has 0 bridgehead atoms. The maximum Gasteiger partial charge on any atom is 0.319 e. The number of carbonyl (C=O) groups is 1. The quantitative estimate of drug-likeness (QED) is 0.842. The minimum absolute atomic E-state index is 0.236. The van der Waals surface area contributed by atoms with Crippen molar-refractivity contribution >= 4 is 11.7 Å². The van der Waals surface area contributed by atoms with E-state index in [1.165, 1.54) is 7.11 Å². The Morgan fingerprint density at radius 2 is 2.26 bits per heavy atom. The normalized spacial score (nSPS) is 22.9. The van der Waals surface area contributed by atoms with Gasteiger partial charge in [0.05, 0.1) is 18.9 Å². The Kier molecular flexibility index (Phi) is 4.39. The molecule has 3 rings (SSSR count). The van der Waals surface area contributed by atoms with Crippen LogP contribution in [0.4, 0.5) is 5.69 Å². The van der Waals surface area contributed by atoms with Crippen LogP contribution in [-0.2, 0) is 14.9 Å². The van der Waals surface area contributed by atoms with Crippen molar-refractivity contribution in [3.05, 3.63) is 23.8 Å². The highest BCUT2D eigenvalue weighted by molar-refractivity contribution is 5.87. The topological polar surface area (TPSA) is 74.6 Å². The SMILES string of the molecule is COC(=O)C1(CCC#N)COc2c(N3CCNCC3)cccc21. The molecule has 23 heavy (non-hydrogen) atoms. The molecule has 1 aromatic rings. The number of nitrogens with one attached hydrogen (secondary N) is 1. The fourth-order valence-electron chi connectivity index (χ4n) is 3.42. The van der Waals surface area contributed by atoms with Crippen LogP contribution in [0.1, 0.15) is 18.4 Å². The number of fused-ring (bicyclic) bond motifs is 1. The summed E-state index contributed by atoms with van der Waals surface area (Å²) in [4.78, 5) is 14.7. The van der Waals surface area contributed by atoms with Crippen molar-refractivity contribution in [3.8, 4) is 11.8 Å². The van der Waals surface area contributed by atoms with Gasteiger partial charge in [-0.05, 0) is 12.5 Å². The number of rotatable bonds is 4. The van der Waals surface area contributed by atoms with Crippen LogP contribution in [0.3, 0.4) is 0 Å². The maximum atomic E-state index is 12.5. The predicted octanol–water partition coefficient (Wildman–Crippen LogP) is 1.20. The molecule has 6 heteroatoms. The van der Waals surface area contributed by atoms with E-state index in [4.69, 9.17) is 14.7 Å². The Morgan fingerprint density at radius 3 is 2.96 bits per heavy atom. The van der Waals surface area contributed by atoms with Crippen molar-refractivity contribution in [1.29, 1.82) is 5.26 Å². The molecule has 1 atom stereocenters. The molecule has 0 spiro atoms. The number of para-hydroxylation sites is 1. The third-order valence-corrected chi connectivity index (χ3v) is 4.67. The lowest BCUT2D eigenvalue weighted by atomic mass is 9.78. The Morgan fingerprint density at radius 1 is 1.48 bits per heavy atom. The first-order valence-corrected chi connectivity index (χ1v) is 7.90. The molecule has 2 heterocycles. The molecule has 122 valence electrons. The number of nitriles is 1. The maximum absolute atomic E-state index is 12.5. The van der Waals surface area contributed by atoms with E-state index in [0.717, 1.165) is 43.2 Å². The van der Waals surface area contributed by atoms with E-state index in [-0.39, 0.29) is 19.0 Å². The van der Waals surface area contributed by atoms with E-state index in [1.807, 2.05) is 18.2 Å². The molecule has 0 radical (unpaired) electrons. The minimum Gasteiger partial charge on any atom is -0.490 e. The van der Waals surface area contributed by atoms with Gasteiger partial charge in [0.2, 0.25) is 0 Å². The van der Waals surface area contributed by atoms with E-state index in [0.29, 0.717) is 6.42 Å². The van der Waals surface area contributed by atoms with Gasteiger partial charge in [-0.15, -0.1) is 0 Å². The largest absolute Gasteiger partial charge is 0.490 e. The van der Waals surface area contributed by atoms with Gasteiger partial charge >= 0.3 is 5.97 Å². The van der Waals surface area contributed by atoms with E-state index < -0.39 is 5.41 Å². The lowest BCUT2D eigenvalue weighted by Gasteiger charge is -2.30. The molecule has 2 aliphatic heterocycles. The number of anilines is 1. The Hall–Kier alpha value is -2.26. The van der Waals surface area contributed by atoms with Crippen molar-refractivity contribution in [1.82, 2.24) is 5.32 Å². The van der Waals surface area contributed by atoms with Gasteiger partial charge in [-0.25, -0.2) is 0 Å². The van der Waals surface area contributed by atoms with Gasteiger partial charge in [0.1, 0.15) is 17.8 Å². The number of hydrogen-bond donors (Lipinski definition) is 1. The van der Waals surface area contributed by atoms with Crippen LogP contribution < -0.4 is 15.0 Å². The molecule has 1 unspecified atom stereocenters.